The molecule has 1 aliphatic carbocycles. The molecule has 5 nitrogen and oxygen atoms in total. The first-order valence-electron chi connectivity index (χ1n) is 11.0. The number of hydrogen-bond donors (Lipinski definition) is 2. The van der Waals surface area contributed by atoms with Crippen LogP contribution in [0.5, 0.6) is 0 Å². The van der Waals surface area contributed by atoms with Gasteiger partial charge in [-0.3, -0.25) is 14.4 Å². The predicted molar refractivity (Wildman–Crippen MR) is 128 cm³/mol. The standard InChI is InChI=1S/C27H30N2O3/c1-4-5-20-16-23(14-18-6-10-21(11-7-18)26(31)28-2)25(30)24(17-20)15-19-8-12-22(13-9-19)27(32)29-3/h6-15,20H,4-5,16-17H2,1-3H3,(H,28,31)(H,29,32). The molecule has 0 bridgehead atoms. The van der Waals surface area contributed by atoms with E-state index in [-0.39, 0.29) is 17.6 Å². The molecule has 2 N–H and O–H groups in total. The highest BCUT2D eigenvalue weighted by Gasteiger charge is 2.27. The Morgan fingerprint density at radius 3 is 1.56 bits per heavy atom. The summed E-state index contributed by atoms with van der Waals surface area (Å²) in [5.74, 6) is 0.232. The van der Waals surface area contributed by atoms with E-state index >= 15 is 0 Å². The van der Waals surface area contributed by atoms with Crippen molar-refractivity contribution >= 4 is 29.7 Å². The number of Topliss-reactive ketones (excluding diaryl/α,β-unsaturated/α-hetero) is 1. The van der Waals surface area contributed by atoms with Gasteiger partial charge in [0.1, 0.15) is 0 Å². The van der Waals surface area contributed by atoms with Gasteiger partial charge in [0.25, 0.3) is 11.8 Å². The summed E-state index contributed by atoms with van der Waals surface area (Å²) in [6, 6.07) is 14.6. The Morgan fingerprint density at radius 2 is 1.22 bits per heavy atom. The Hall–Kier alpha value is -3.47. The summed E-state index contributed by atoms with van der Waals surface area (Å²) < 4.78 is 0. The molecular weight excluding hydrogens is 400 g/mol. The van der Waals surface area contributed by atoms with Crippen LogP contribution in [0.1, 0.15) is 64.4 Å². The molecule has 2 amide bonds. The third-order valence-corrected chi connectivity index (χ3v) is 5.78. The number of allylic oxidation sites excluding steroid dienone is 2. The van der Waals surface area contributed by atoms with E-state index in [4.69, 9.17) is 0 Å². The van der Waals surface area contributed by atoms with Gasteiger partial charge in [-0.25, -0.2) is 0 Å². The maximum Gasteiger partial charge on any atom is 0.251 e. The number of hydrogen-bond acceptors (Lipinski definition) is 3. The van der Waals surface area contributed by atoms with E-state index in [2.05, 4.69) is 17.6 Å². The van der Waals surface area contributed by atoms with Crippen molar-refractivity contribution in [2.24, 2.45) is 5.92 Å². The number of carbonyl (C=O) groups is 3. The predicted octanol–water partition coefficient (Wildman–Crippen LogP) is 4.65. The maximum absolute atomic E-state index is 13.3. The van der Waals surface area contributed by atoms with Gasteiger partial charge in [-0.05, 0) is 66.3 Å². The molecule has 0 spiro atoms. The molecule has 3 rings (SSSR count). The normalized spacial score (nSPS) is 18.6. The van der Waals surface area contributed by atoms with E-state index in [0.29, 0.717) is 17.0 Å². The molecule has 1 aliphatic rings. The molecule has 1 fully saturated rings. The first kappa shape index (κ1) is 23.2. The van der Waals surface area contributed by atoms with Crippen LogP contribution in [-0.2, 0) is 4.79 Å². The topological polar surface area (TPSA) is 75.3 Å². The van der Waals surface area contributed by atoms with Crippen LogP contribution in [-0.4, -0.2) is 31.7 Å². The highest BCUT2D eigenvalue weighted by Crippen LogP contribution is 2.35. The Balaban J connectivity index is 1.88. The number of carbonyl (C=O) groups excluding carboxylic acids is 3. The average molecular weight is 431 g/mol. The quantitative estimate of drug-likeness (QED) is 0.655. The smallest absolute Gasteiger partial charge is 0.251 e. The Kier molecular flexibility index (Phi) is 7.77. The second-order valence-corrected chi connectivity index (χ2v) is 8.13. The summed E-state index contributed by atoms with van der Waals surface area (Å²) in [6.07, 6.45) is 7.54. The number of benzene rings is 2. The summed E-state index contributed by atoms with van der Waals surface area (Å²) in [7, 11) is 3.21. The van der Waals surface area contributed by atoms with Crippen LogP contribution in [0.4, 0.5) is 0 Å². The molecule has 5 heteroatoms. The lowest BCUT2D eigenvalue weighted by atomic mass is 9.78. The lowest BCUT2D eigenvalue weighted by Crippen LogP contribution is -2.20. The minimum absolute atomic E-state index is 0.0723. The number of ketones is 1. The van der Waals surface area contributed by atoms with Crippen molar-refractivity contribution in [3.63, 3.8) is 0 Å². The van der Waals surface area contributed by atoms with E-state index in [1.165, 1.54) is 0 Å². The fraction of sp³-hybridized carbons (Fsp3) is 0.296. The molecule has 0 atom stereocenters. The largest absolute Gasteiger partial charge is 0.355 e. The molecule has 1 saturated carbocycles. The highest BCUT2D eigenvalue weighted by molar-refractivity contribution is 6.14. The average Bonchev–Trinajstić information content (AvgIpc) is 2.82. The zero-order chi connectivity index (χ0) is 23.1. The van der Waals surface area contributed by atoms with Crippen LogP contribution < -0.4 is 10.6 Å². The molecule has 0 aliphatic heterocycles. The lowest BCUT2D eigenvalue weighted by molar-refractivity contribution is -0.113. The van der Waals surface area contributed by atoms with E-state index in [1.54, 1.807) is 38.4 Å². The zero-order valence-corrected chi connectivity index (χ0v) is 18.9. The molecule has 0 heterocycles. The van der Waals surface area contributed by atoms with Crippen LogP contribution in [0.15, 0.2) is 59.7 Å². The van der Waals surface area contributed by atoms with Crippen molar-refractivity contribution in [2.45, 2.75) is 32.6 Å². The van der Waals surface area contributed by atoms with Crippen molar-refractivity contribution in [1.29, 1.82) is 0 Å². The van der Waals surface area contributed by atoms with Crippen molar-refractivity contribution < 1.29 is 14.4 Å². The van der Waals surface area contributed by atoms with Crippen LogP contribution in [0.2, 0.25) is 0 Å². The fourth-order valence-electron chi connectivity index (χ4n) is 4.10. The highest BCUT2D eigenvalue weighted by atomic mass is 16.2. The summed E-state index contributed by atoms with van der Waals surface area (Å²) in [4.78, 5) is 36.8. The zero-order valence-electron chi connectivity index (χ0n) is 18.9. The number of rotatable bonds is 6. The number of nitrogens with one attached hydrogen (secondary N) is 2. The van der Waals surface area contributed by atoms with Crippen molar-refractivity contribution in [3.05, 3.63) is 81.9 Å². The van der Waals surface area contributed by atoms with Gasteiger partial charge in [-0.2, -0.15) is 0 Å². The summed E-state index contributed by atoms with van der Waals surface area (Å²) >= 11 is 0. The van der Waals surface area contributed by atoms with Crippen LogP contribution >= 0.6 is 0 Å². The summed E-state index contributed by atoms with van der Waals surface area (Å²) in [5, 5.41) is 5.23. The summed E-state index contributed by atoms with van der Waals surface area (Å²) in [6.45, 7) is 2.16. The van der Waals surface area contributed by atoms with Gasteiger partial charge in [0, 0.05) is 36.4 Å². The van der Waals surface area contributed by atoms with Crippen molar-refractivity contribution in [1.82, 2.24) is 10.6 Å². The number of amides is 2. The van der Waals surface area contributed by atoms with Gasteiger partial charge in [0.05, 0.1) is 0 Å². The van der Waals surface area contributed by atoms with E-state index in [0.717, 1.165) is 48.0 Å². The SMILES string of the molecule is CCCC1CC(=Cc2ccc(C(=O)NC)cc2)C(=O)C(=Cc2ccc(C(=O)NC)cc2)C1. The second kappa shape index (κ2) is 10.7. The van der Waals surface area contributed by atoms with Crippen LogP contribution in [0.3, 0.4) is 0 Å². The molecule has 0 aromatic heterocycles. The molecular formula is C27H30N2O3. The molecule has 2 aromatic carbocycles. The maximum atomic E-state index is 13.3. The molecule has 0 radical (unpaired) electrons. The van der Waals surface area contributed by atoms with Gasteiger partial charge in [-0.15, -0.1) is 0 Å². The van der Waals surface area contributed by atoms with Gasteiger partial charge in [0.2, 0.25) is 0 Å². The first-order valence-corrected chi connectivity index (χ1v) is 11.0. The van der Waals surface area contributed by atoms with Crippen LogP contribution in [0.25, 0.3) is 12.2 Å². The van der Waals surface area contributed by atoms with Crippen molar-refractivity contribution in [2.75, 3.05) is 14.1 Å². The van der Waals surface area contributed by atoms with Gasteiger partial charge in [0.15, 0.2) is 5.78 Å². The second-order valence-electron chi connectivity index (χ2n) is 8.13. The summed E-state index contributed by atoms with van der Waals surface area (Å²) in [5.41, 5.74) is 4.61. The first-order chi connectivity index (χ1) is 15.4. The molecule has 2 aromatic rings. The van der Waals surface area contributed by atoms with Gasteiger partial charge in [-0.1, -0.05) is 44.0 Å². The molecule has 32 heavy (non-hydrogen) atoms. The van der Waals surface area contributed by atoms with Crippen LogP contribution in [0, 0.1) is 5.92 Å². The third kappa shape index (κ3) is 5.61. The fourth-order valence-corrected chi connectivity index (χ4v) is 4.10. The Labute approximate surface area is 189 Å². The molecule has 0 unspecified atom stereocenters. The Bertz CT molecular complexity index is 966. The van der Waals surface area contributed by atoms with E-state index < -0.39 is 0 Å². The minimum atomic E-state index is -0.131. The van der Waals surface area contributed by atoms with E-state index in [9.17, 15) is 14.4 Å². The molecule has 166 valence electrons. The molecule has 0 saturated heterocycles. The van der Waals surface area contributed by atoms with Crippen molar-refractivity contribution in [3.8, 4) is 0 Å². The van der Waals surface area contributed by atoms with Gasteiger partial charge >= 0.3 is 0 Å². The lowest BCUT2D eigenvalue weighted by Gasteiger charge is -2.25. The third-order valence-electron chi connectivity index (χ3n) is 5.78. The van der Waals surface area contributed by atoms with Gasteiger partial charge < -0.3 is 10.6 Å². The minimum Gasteiger partial charge on any atom is -0.355 e. The van der Waals surface area contributed by atoms with E-state index in [1.807, 2.05) is 36.4 Å². The monoisotopic (exact) mass is 430 g/mol. The Morgan fingerprint density at radius 1 is 0.812 bits per heavy atom.